The van der Waals surface area contributed by atoms with Crippen LogP contribution in [0.25, 0.3) is 6.08 Å². The Hall–Kier alpha value is -1.70. The lowest BCUT2D eigenvalue weighted by Gasteiger charge is -2.01. The van der Waals surface area contributed by atoms with E-state index in [-0.39, 0.29) is 11.5 Å². The molecule has 0 fully saturated rings. The summed E-state index contributed by atoms with van der Waals surface area (Å²) < 4.78 is 0. The molecule has 0 aromatic heterocycles. The molecule has 0 radical (unpaired) electrons. The molecule has 0 unspecified atom stereocenters. The van der Waals surface area contributed by atoms with Crippen LogP contribution in [0.15, 0.2) is 36.4 Å². The first kappa shape index (κ1) is 21.3. The van der Waals surface area contributed by atoms with Gasteiger partial charge in [-0.25, -0.2) is 0 Å². The predicted octanol–water partition coefficient (Wildman–Crippen LogP) is 7.37. The maximum atomic E-state index is 9.69. The van der Waals surface area contributed by atoms with Gasteiger partial charge in [0.05, 0.1) is 0 Å². The SMILES string of the molecule is CCCCCCCCCCCCCC=CC=Cc1cccc(O)c1O. The van der Waals surface area contributed by atoms with Crippen LogP contribution in [-0.2, 0) is 0 Å². The fraction of sp³-hybridized carbons (Fsp3) is 0.565. The van der Waals surface area contributed by atoms with E-state index in [9.17, 15) is 10.2 Å². The molecule has 0 aliphatic rings. The van der Waals surface area contributed by atoms with E-state index in [4.69, 9.17) is 0 Å². The molecule has 0 amide bonds. The Morgan fingerprint density at radius 3 is 2.00 bits per heavy atom. The Labute approximate surface area is 154 Å². The smallest absolute Gasteiger partial charge is 0.164 e. The summed E-state index contributed by atoms with van der Waals surface area (Å²) in [6.45, 7) is 2.27. The average Bonchev–Trinajstić information content (AvgIpc) is 2.61. The van der Waals surface area contributed by atoms with Gasteiger partial charge in [0.2, 0.25) is 0 Å². The number of phenols is 2. The summed E-state index contributed by atoms with van der Waals surface area (Å²) in [5.41, 5.74) is 0.638. The monoisotopic (exact) mass is 344 g/mol. The molecule has 0 aliphatic heterocycles. The molecule has 1 rings (SSSR count). The lowest BCUT2D eigenvalue weighted by atomic mass is 10.1. The Kier molecular flexibility index (Phi) is 12.5. The van der Waals surface area contributed by atoms with E-state index in [0.717, 1.165) is 6.42 Å². The first-order valence-corrected chi connectivity index (χ1v) is 10.1. The third-order valence-electron chi connectivity index (χ3n) is 4.54. The molecule has 1 aromatic carbocycles. The zero-order valence-electron chi connectivity index (χ0n) is 15.9. The van der Waals surface area contributed by atoms with Crippen LogP contribution in [0.3, 0.4) is 0 Å². The van der Waals surface area contributed by atoms with Crippen molar-refractivity contribution in [2.24, 2.45) is 0 Å². The van der Waals surface area contributed by atoms with Crippen molar-refractivity contribution in [2.45, 2.75) is 84.0 Å². The molecule has 140 valence electrons. The van der Waals surface area contributed by atoms with Crippen molar-refractivity contribution in [3.8, 4) is 11.5 Å². The zero-order valence-corrected chi connectivity index (χ0v) is 15.9. The number of phenolic OH excluding ortho intramolecular Hbond substituents is 2. The van der Waals surface area contributed by atoms with E-state index in [0.29, 0.717) is 5.56 Å². The number of unbranched alkanes of at least 4 members (excludes halogenated alkanes) is 11. The molecule has 0 saturated carbocycles. The quantitative estimate of drug-likeness (QED) is 0.210. The molecular formula is C23H36O2. The van der Waals surface area contributed by atoms with Crippen LogP contribution >= 0.6 is 0 Å². The number of aromatic hydroxyl groups is 2. The molecule has 0 atom stereocenters. The third-order valence-corrected chi connectivity index (χ3v) is 4.54. The summed E-state index contributed by atoms with van der Waals surface area (Å²) in [4.78, 5) is 0. The largest absolute Gasteiger partial charge is 0.504 e. The van der Waals surface area contributed by atoms with Gasteiger partial charge in [-0.2, -0.15) is 0 Å². The molecular weight excluding hydrogens is 308 g/mol. The van der Waals surface area contributed by atoms with Gasteiger partial charge < -0.3 is 10.2 Å². The molecule has 0 bridgehead atoms. The lowest BCUT2D eigenvalue weighted by molar-refractivity contribution is 0.403. The topological polar surface area (TPSA) is 40.5 Å². The van der Waals surface area contributed by atoms with E-state index in [1.54, 1.807) is 12.1 Å². The van der Waals surface area contributed by atoms with Gasteiger partial charge in [-0.15, -0.1) is 0 Å². The number of hydrogen-bond acceptors (Lipinski definition) is 2. The minimum atomic E-state index is -0.0768. The van der Waals surface area contributed by atoms with Gasteiger partial charge in [-0.1, -0.05) is 108 Å². The molecule has 2 nitrogen and oxygen atoms in total. The number of para-hydroxylation sites is 1. The van der Waals surface area contributed by atoms with Crippen molar-refractivity contribution < 1.29 is 10.2 Å². The fourth-order valence-electron chi connectivity index (χ4n) is 2.94. The van der Waals surface area contributed by atoms with Gasteiger partial charge in [0.25, 0.3) is 0 Å². The normalized spacial score (nSPS) is 11.7. The summed E-state index contributed by atoms with van der Waals surface area (Å²) in [5, 5.41) is 19.1. The highest BCUT2D eigenvalue weighted by atomic mass is 16.3. The summed E-state index contributed by atoms with van der Waals surface area (Å²) in [6.07, 6.45) is 24.1. The van der Waals surface area contributed by atoms with Crippen molar-refractivity contribution in [1.29, 1.82) is 0 Å². The number of allylic oxidation sites excluding steroid dienone is 3. The van der Waals surface area contributed by atoms with Crippen molar-refractivity contribution in [1.82, 2.24) is 0 Å². The maximum Gasteiger partial charge on any atom is 0.164 e. The molecule has 0 spiro atoms. The minimum absolute atomic E-state index is 0.0579. The van der Waals surface area contributed by atoms with Crippen LogP contribution < -0.4 is 0 Å². The second-order valence-corrected chi connectivity index (χ2v) is 6.83. The lowest BCUT2D eigenvalue weighted by Crippen LogP contribution is -1.81. The summed E-state index contributed by atoms with van der Waals surface area (Å²) in [5.74, 6) is -0.135. The van der Waals surface area contributed by atoms with Gasteiger partial charge in [0.15, 0.2) is 11.5 Å². The predicted molar refractivity (Wildman–Crippen MR) is 109 cm³/mol. The molecule has 25 heavy (non-hydrogen) atoms. The van der Waals surface area contributed by atoms with E-state index in [1.165, 1.54) is 76.7 Å². The summed E-state index contributed by atoms with van der Waals surface area (Å²) in [7, 11) is 0. The zero-order chi connectivity index (χ0) is 18.2. The molecule has 2 heteroatoms. The molecule has 1 aromatic rings. The van der Waals surface area contributed by atoms with Crippen molar-refractivity contribution >= 4 is 6.08 Å². The average molecular weight is 345 g/mol. The Morgan fingerprint density at radius 1 is 0.760 bits per heavy atom. The fourth-order valence-corrected chi connectivity index (χ4v) is 2.94. The molecule has 0 aliphatic carbocycles. The third kappa shape index (κ3) is 10.7. The Morgan fingerprint density at radius 2 is 1.36 bits per heavy atom. The highest BCUT2D eigenvalue weighted by molar-refractivity contribution is 5.62. The number of hydrogen-bond donors (Lipinski definition) is 2. The van der Waals surface area contributed by atoms with Gasteiger partial charge >= 0.3 is 0 Å². The van der Waals surface area contributed by atoms with Crippen molar-refractivity contribution in [3.63, 3.8) is 0 Å². The summed E-state index contributed by atoms with van der Waals surface area (Å²) >= 11 is 0. The second kappa shape index (κ2) is 14.6. The van der Waals surface area contributed by atoms with E-state index in [2.05, 4.69) is 13.0 Å². The van der Waals surface area contributed by atoms with Crippen LogP contribution in [0.4, 0.5) is 0 Å². The Balaban J connectivity index is 1.96. The van der Waals surface area contributed by atoms with Crippen LogP contribution in [0, 0.1) is 0 Å². The van der Waals surface area contributed by atoms with Crippen LogP contribution in [0.1, 0.15) is 89.5 Å². The number of rotatable bonds is 14. The van der Waals surface area contributed by atoms with Crippen molar-refractivity contribution in [2.75, 3.05) is 0 Å². The van der Waals surface area contributed by atoms with Crippen LogP contribution in [-0.4, -0.2) is 10.2 Å². The maximum absolute atomic E-state index is 9.69. The first-order chi connectivity index (χ1) is 12.3. The highest BCUT2D eigenvalue weighted by Crippen LogP contribution is 2.28. The van der Waals surface area contributed by atoms with Gasteiger partial charge in [-0.05, 0) is 18.9 Å². The van der Waals surface area contributed by atoms with Gasteiger partial charge in [0.1, 0.15) is 0 Å². The molecule has 0 saturated heterocycles. The van der Waals surface area contributed by atoms with Crippen LogP contribution in [0.2, 0.25) is 0 Å². The van der Waals surface area contributed by atoms with Crippen molar-refractivity contribution in [3.05, 3.63) is 42.0 Å². The minimum Gasteiger partial charge on any atom is -0.504 e. The van der Waals surface area contributed by atoms with Crippen LogP contribution in [0.5, 0.6) is 11.5 Å². The van der Waals surface area contributed by atoms with E-state index >= 15 is 0 Å². The standard InChI is InChI=1S/C23H36O2/c1-2-3-4-5-6-7-8-9-10-11-12-13-14-15-16-18-21-19-17-20-22(24)23(21)25/h14-20,24-25H,2-13H2,1H3. The van der Waals surface area contributed by atoms with E-state index < -0.39 is 0 Å². The molecule has 2 N–H and O–H groups in total. The molecule has 0 heterocycles. The first-order valence-electron chi connectivity index (χ1n) is 10.1. The highest BCUT2D eigenvalue weighted by Gasteiger charge is 2.00. The van der Waals surface area contributed by atoms with Gasteiger partial charge in [0, 0.05) is 5.56 Å². The second-order valence-electron chi connectivity index (χ2n) is 6.83. The number of benzene rings is 1. The Bertz CT molecular complexity index is 503. The summed E-state index contributed by atoms with van der Waals surface area (Å²) in [6, 6.07) is 4.99. The van der Waals surface area contributed by atoms with E-state index in [1.807, 2.05) is 18.2 Å². The van der Waals surface area contributed by atoms with Gasteiger partial charge in [-0.3, -0.25) is 0 Å².